The SMILES string of the molecule is C=C(C)C(=O)OCC(O)COC(O)(CO)OCC(O)COC(=O)C(=C)C. The van der Waals surface area contributed by atoms with Crippen molar-refractivity contribution >= 4 is 11.9 Å². The smallest absolute Gasteiger partial charge is 0.333 e. The molecule has 0 spiro atoms. The molecule has 0 heterocycles. The largest absolute Gasteiger partial charge is 0.460 e. The van der Waals surface area contributed by atoms with Crippen LogP contribution in [0.2, 0.25) is 0 Å². The van der Waals surface area contributed by atoms with Crippen molar-refractivity contribution in [1.29, 1.82) is 0 Å². The number of carbonyl (C=O) groups excluding carboxylic acids is 2. The molecule has 4 N–H and O–H groups in total. The second-order valence-corrected chi connectivity index (χ2v) is 5.56. The molecule has 0 aliphatic rings. The summed E-state index contributed by atoms with van der Waals surface area (Å²) in [6, 6.07) is 0. The van der Waals surface area contributed by atoms with Gasteiger partial charge >= 0.3 is 17.9 Å². The van der Waals surface area contributed by atoms with Crippen LogP contribution in [0.4, 0.5) is 0 Å². The Kier molecular flexibility index (Phi) is 10.9. The van der Waals surface area contributed by atoms with E-state index in [0.29, 0.717) is 0 Å². The molecule has 0 saturated heterocycles. The van der Waals surface area contributed by atoms with Crippen LogP contribution in [0.5, 0.6) is 0 Å². The normalized spacial score (nSPS) is 15.5. The Bertz CT molecular complexity index is 461. The molecule has 2 atom stereocenters. The lowest BCUT2D eigenvalue weighted by atomic mass is 10.3. The van der Waals surface area contributed by atoms with E-state index in [9.17, 15) is 24.9 Å². The summed E-state index contributed by atoms with van der Waals surface area (Å²) in [7, 11) is 0. The van der Waals surface area contributed by atoms with Crippen LogP contribution in [0.15, 0.2) is 24.3 Å². The van der Waals surface area contributed by atoms with Gasteiger partial charge in [-0.15, -0.1) is 0 Å². The van der Waals surface area contributed by atoms with E-state index in [1.54, 1.807) is 0 Å². The van der Waals surface area contributed by atoms with Gasteiger partial charge in [-0.3, -0.25) is 0 Å². The second kappa shape index (κ2) is 11.7. The van der Waals surface area contributed by atoms with Gasteiger partial charge < -0.3 is 39.4 Å². The van der Waals surface area contributed by atoms with Crippen molar-refractivity contribution in [3.05, 3.63) is 24.3 Å². The molecule has 0 aromatic carbocycles. The van der Waals surface area contributed by atoms with Crippen LogP contribution < -0.4 is 0 Å². The van der Waals surface area contributed by atoms with Crippen molar-refractivity contribution in [1.82, 2.24) is 0 Å². The van der Waals surface area contributed by atoms with E-state index in [1.165, 1.54) is 13.8 Å². The lowest BCUT2D eigenvalue weighted by molar-refractivity contribution is -0.380. The quantitative estimate of drug-likeness (QED) is 0.171. The summed E-state index contributed by atoms with van der Waals surface area (Å²) < 4.78 is 19.0. The fraction of sp³-hybridized carbons (Fsp3) is 0.625. The van der Waals surface area contributed by atoms with Crippen molar-refractivity contribution in [2.75, 3.05) is 33.0 Å². The highest BCUT2D eigenvalue weighted by Crippen LogP contribution is 2.10. The molecule has 0 bridgehead atoms. The first-order valence-corrected chi connectivity index (χ1v) is 7.63. The number of aliphatic hydroxyl groups is 4. The number of aliphatic hydroxyl groups excluding tert-OH is 3. The highest BCUT2D eigenvalue weighted by molar-refractivity contribution is 5.87. The summed E-state index contributed by atoms with van der Waals surface area (Å²) in [5.74, 6) is -3.92. The van der Waals surface area contributed by atoms with Crippen LogP contribution in [0.3, 0.4) is 0 Å². The molecule has 10 nitrogen and oxygen atoms in total. The molecule has 0 aromatic heterocycles. The van der Waals surface area contributed by atoms with E-state index >= 15 is 0 Å². The van der Waals surface area contributed by atoms with Gasteiger partial charge in [0.1, 0.15) is 32.0 Å². The molecule has 2 unspecified atom stereocenters. The van der Waals surface area contributed by atoms with E-state index in [1.807, 2.05) is 0 Å². The first-order chi connectivity index (χ1) is 12.0. The maximum Gasteiger partial charge on any atom is 0.333 e. The lowest BCUT2D eigenvalue weighted by Gasteiger charge is -2.28. The van der Waals surface area contributed by atoms with Gasteiger partial charge in [-0.1, -0.05) is 13.2 Å². The molecular formula is C16H26O10. The Hall–Kier alpha value is -1.82. The minimum atomic E-state index is -2.52. The molecule has 0 amide bonds. The summed E-state index contributed by atoms with van der Waals surface area (Å²) in [4.78, 5) is 22.4. The molecule has 0 aromatic rings. The molecule has 0 aliphatic heterocycles. The molecule has 0 radical (unpaired) electrons. The molecule has 150 valence electrons. The first-order valence-electron chi connectivity index (χ1n) is 7.63. The number of hydrogen-bond acceptors (Lipinski definition) is 10. The number of esters is 2. The maximum absolute atomic E-state index is 11.2. The Labute approximate surface area is 151 Å². The fourth-order valence-corrected chi connectivity index (χ4v) is 1.27. The third-order valence-electron chi connectivity index (χ3n) is 2.71. The van der Waals surface area contributed by atoms with Crippen LogP contribution in [-0.4, -0.2) is 83.6 Å². The van der Waals surface area contributed by atoms with Gasteiger partial charge in [0.25, 0.3) is 0 Å². The minimum Gasteiger partial charge on any atom is -0.460 e. The molecule has 10 heteroatoms. The molecule has 26 heavy (non-hydrogen) atoms. The number of ether oxygens (including phenoxy) is 4. The summed E-state index contributed by atoms with van der Waals surface area (Å²) in [5, 5.41) is 38.3. The number of carbonyl (C=O) groups is 2. The van der Waals surface area contributed by atoms with E-state index in [0.717, 1.165) is 0 Å². The zero-order chi connectivity index (χ0) is 20.3. The highest BCUT2D eigenvalue weighted by atomic mass is 16.8. The summed E-state index contributed by atoms with van der Waals surface area (Å²) in [6.45, 7) is 6.66. The van der Waals surface area contributed by atoms with Gasteiger partial charge in [-0.25, -0.2) is 9.59 Å². The van der Waals surface area contributed by atoms with Crippen LogP contribution in [0, 0.1) is 0 Å². The van der Waals surface area contributed by atoms with Gasteiger partial charge in [-0.2, -0.15) is 0 Å². The van der Waals surface area contributed by atoms with Crippen molar-refractivity contribution in [3.63, 3.8) is 0 Å². The predicted octanol–water partition coefficient (Wildman–Crippen LogP) is -1.38. The Morgan fingerprint density at radius 2 is 1.23 bits per heavy atom. The zero-order valence-electron chi connectivity index (χ0n) is 14.8. The number of hydrogen-bond donors (Lipinski definition) is 4. The fourth-order valence-electron chi connectivity index (χ4n) is 1.27. The monoisotopic (exact) mass is 378 g/mol. The van der Waals surface area contributed by atoms with Crippen LogP contribution in [0.25, 0.3) is 0 Å². The molecule has 0 fully saturated rings. The van der Waals surface area contributed by atoms with Crippen molar-refractivity contribution < 1.29 is 49.0 Å². The average Bonchev–Trinajstić information content (AvgIpc) is 2.60. The van der Waals surface area contributed by atoms with Crippen LogP contribution in [-0.2, 0) is 28.5 Å². The number of rotatable bonds is 13. The Morgan fingerprint density at radius 1 is 0.885 bits per heavy atom. The van der Waals surface area contributed by atoms with E-state index < -0.39 is 63.2 Å². The molecule has 0 saturated carbocycles. The van der Waals surface area contributed by atoms with Gasteiger partial charge in [0.2, 0.25) is 0 Å². The molecular weight excluding hydrogens is 352 g/mol. The first kappa shape index (κ1) is 24.2. The van der Waals surface area contributed by atoms with E-state index in [-0.39, 0.29) is 11.1 Å². The van der Waals surface area contributed by atoms with Crippen LogP contribution in [0.1, 0.15) is 13.8 Å². The van der Waals surface area contributed by atoms with Gasteiger partial charge in [-0.05, 0) is 13.8 Å². The summed E-state index contributed by atoms with van der Waals surface area (Å²) >= 11 is 0. The van der Waals surface area contributed by atoms with Gasteiger partial charge in [0.05, 0.1) is 13.2 Å². The Balaban J connectivity index is 4.25. The van der Waals surface area contributed by atoms with Crippen LogP contribution >= 0.6 is 0 Å². The lowest BCUT2D eigenvalue weighted by Crippen LogP contribution is -2.44. The summed E-state index contributed by atoms with van der Waals surface area (Å²) in [5.41, 5.74) is 0.296. The van der Waals surface area contributed by atoms with Gasteiger partial charge in [0, 0.05) is 11.1 Å². The standard InChI is InChI=1S/C16H26O10/c1-10(2)14(20)23-5-12(18)7-25-16(22,9-17)26-8-13(19)6-24-15(21)11(3)4/h12-13,17-19,22H,1,3,5-9H2,2,4H3. The predicted molar refractivity (Wildman–Crippen MR) is 87.5 cm³/mol. The molecule has 0 aliphatic carbocycles. The topological polar surface area (TPSA) is 152 Å². The second-order valence-electron chi connectivity index (χ2n) is 5.56. The Morgan fingerprint density at radius 3 is 1.50 bits per heavy atom. The van der Waals surface area contributed by atoms with Crippen molar-refractivity contribution in [2.45, 2.75) is 32.0 Å². The van der Waals surface area contributed by atoms with E-state index in [2.05, 4.69) is 22.6 Å². The minimum absolute atomic E-state index is 0.148. The van der Waals surface area contributed by atoms with Gasteiger partial charge in [0.15, 0.2) is 0 Å². The third kappa shape index (κ3) is 10.2. The van der Waals surface area contributed by atoms with Crippen molar-refractivity contribution in [2.24, 2.45) is 0 Å². The third-order valence-corrected chi connectivity index (χ3v) is 2.71. The zero-order valence-corrected chi connectivity index (χ0v) is 14.8. The maximum atomic E-state index is 11.2. The molecule has 0 rings (SSSR count). The van der Waals surface area contributed by atoms with Crippen molar-refractivity contribution in [3.8, 4) is 0 Å². The van der Waals surface area contributed by atoms with E-state index in [4.69, 9.17) is 14.6 Å². The average molecular weight is 378 g/mol. The highest BCUT2D eigenvalue weighted by Gasteiger charge is 2.31. The summed E-state index contributed by atoms with van der Waals surface area (Å²) in [6.07, 6.45) is -2.61.